The molecule has 0 bridgehead atoms. The minimum absolute atomic E-state index is 0.936. The molecular weight excluding hydrogens is 236 g/mol. The topological polar surface area (TPSA) is 54.5 Å². The van der Waals surface area contributed by atoms with Gasteiger partial charge in [0.15, 0.2) is 0 Å². The van der Waals surface area contributed by atoms with Gasteiger partial charge < -0.3 is 0 Å². The fourth-order valence-electron chi connectivity index (χ4n) is 2.30. The lowest BCUT2D eigenvalue weighted by Crippen LogP contribution is -1.86. The third-order valence-corrected chi connectivity index (χ3v) is 3.25. The number of nitrogens with one attached hydrogen (secondary N) is 1. The number of aromatic amines is 1. The molecule has 1 N–H and O–H groups in total. The Kier molecular flexibility index (Phi) is 2.08. The SMILES string of the molecule is c1cnc2c(c1)ccc1cc(-c3cn[nH]c3)cnc12. The van der Waals surface area contributed by atoms with Gasteiger partial charge in [-0.15, -0.1) is 0 Å². The first-order valence-corrected chi connectivity index (χ1v) is 6.04. The van der Waals surface area contributed by atoms with Crippen LogP contribution in [0.2, 0.25) is 0 Å². The van der Waals surface area contributed by atoms with Crippen LogP contribution in [0.1, 0.15) is 0 Å². The van der Waals surface area contributed by atoms with Crippen LogP contribution in [0, 0.1) is 0 Å². The highest BCUT2D eigenvalue weighted by Crippen LogP contribution is 2.25. The quantitative estimate of drug-likeness (QED) is 0.525. The van der Waals surface area contributed by atoms with Gasteiger partial charge in [-0.05, 0) is 12.1 Å². The summed E-state index contributed by atoms with van der Waals surface area (Å²) < 4.78 is 0. The van der Waals surface area contributed by atoms with Gasteiger partial charge >= 0.3 is 0 Å². The monoisotopic (exact) mass is 246 g/mol. The largest absolute Gasteiger partial charge is 0.285 e. The minimum Gasteiger partial charge on any atom is -0.285 e. The average Bonchev–Trinajstić information content (AvgIpc) is 3.01. The molecule has 0 aliphatic heterocycles. The number of nitrogens with zero attached hydrogens (tertiary/aromatic N) is 3. The average molecular weight is 246 g/mol. The molecule has 4 heteroatoms. The van der Waals surface area contributed by atoms with E-state index >= 15 is 0 Å². The Bertz CT molecular complexity index is 866. The second-order valence-corrected chi connectivity index (χ2v) is 4.42. The van der Waals surface area contributed by atoms with Crippen molar-refractivity contribution in [3.8, 4) is 11.1 Å². The highest BCUT2D eigenvalue weighted by atomic mass is 15.1. The van der Waals surface area contributed by atoms with Crippen molar-refractivity contribution in [2.45, 2.75) is 0 Å². The van der Waals surface area contributed by atoms with Crippen molar-refractivity contribution in [3.05, 3.63) is 55.1 Å². The van der Waals surface area contributed by atoms with Crippen LogP contribution in [-0.2, 0) is 0 Å². The molecule has 19 heavy (non-hydrogen) atoms. The molecule has 0 saturated carbocycles. The lowest BCUT2D eigenvalue weighted by atomic mass is 10.1. The van der Waals surface area contributed by atoms with Gasteiger partial charge in [-0.25, -0.2) is 0 Å². The molecule has 0 saturated heterocycles. The number of hydrogen-bond acceptors (Lipinski definition) is 3. The van der Waals surface area contributed by atoms with Crippen molar-refractivity contribution in [2.24, 2.45) is 0 Å². The van der Waals surface area contributed by atoms with Gasteiger partial charge in [0.1, 0.15) is 0 Å². The molecule has 0 aliphatic carbocycles. The molecule has 0 radical (unpaired) electrons. The van der Waals surface area contributed by atoms with Crippen LogP contribution < -0.4 is 0 Å². The zero-order valence-corrected chi connectivity index (χ0v) is 10.0. The summed E-state index contributed by atoms with van der Waals surface area (Å²) in [6, 6.07) is 10.3. The van der Waals surface area contributed by atoms with E-state index in [2.05, 4.69) is 38.4 Å². The molecule has 0 fully saturated rings. The summed E-state index contributed by atoms with van der Waals surface area (Å²) in [7, 11) is 0. The lowest BCUT2D eigenvalue weighted by molar-refractivity contribution is 1.09. The normalized spacial score (nSPS) is 11.2. The molecule has 0 amide bonds. The Labute approximate surface area is 109 Å². The van der Waals surface area contributed by atoms with E-state index in [1.807, 2.05) is 24.5 Å². The minimum atomic E-state index is 0.936. The highest BCUT2D eigenvalue weighted by molar-refractivity contribution is 6.03. The molecule has 4 aromatic rings. The summed E-state index contributed by atoms with van der Waals surface area (Å²) in [4.78, 5) is 8.98. The number of hydrogen-bond donors (Lipinski definition) is 1. The third kappa shape index (κ3) is 1.57. The van der Waals surface area contributed by atoms with Gasteiger partial charge in [-0.2, -0.15) is 5.10 Å². The van der Waals surface area contributed by atoms with Crippen LogP contribution in [0.25, 0.3) is 32.9 Å². The van der Waals surface area contributed by atoms with Crippen molar-refractivity contribution in [1.29, 1.82) is 0 Å². The molecule has 90 valence electrons. The summed E-state index contributed by atoms with van der Waals surface area (Å²) in [6.07, 6.45) is 7.32. The number of pyridine rings is 2. The summed E-state index contributed by atoms with van der Waals surface area (Å²) in [6.45, 7) is 0. The highest BCUT2D eigenvalue weighted by Gasteiger charge is 2.05. The maximum atomic E-state index is 4.56. The predicted molar refractivity (Wildman–Crippen MR) is 74.6 cm³/mol. The Balaban J connectivity index is 2.03. The van der Waals surface area contributed by atoms with E-state index in [0.717, 1.165) is 32.9 Å². The van der Waals surface area contributed by atoms with E-state index < -0.39 is 0 Å². The van der Waals surface area contributed by atoms with E-state index in [0.29, 0.717) is 0 Å². The van der Waals surface area contributed by atoms with Gasteiger partial charge in [0.05, 0.1) is 17.2 Å². The smallest absolute Gasteiger partial charge is 0.0964 e. The zero-order chi connectivity index (χ0) is 12.7. The van der Waals surface area contributed by atoms with E-state index in [9.17, 15) is 0 Å². The molecule has 0 unspecified atom stereocenters. The summed E-state index contributed by atoms with van der Waals surface area (Å²) in [5, 5.41) is 8.98. The van der Waals surface area contributed by atoms with Crippen molar-refractivity contribution in [2.75, 3.05) is 0 Å². The Morgan fingerprint density at radius 3 is 2.63 bits per heavy atom. The van der Waals surface area contributed by atoms with Gasteiger partial charge in [0, 0.05) is 40.5 Å². The van der Waals surface area contributed by atoms with Gasteiger partial charge in [0.2, 0.25) is 0 Å². The molecule has 0 aliphatic rings. The van der Waals surface area contributed by atoms with Crippen LogP contribution in [0.4, 0.5) is 0 Å². The maximum Gasteiger partial charge on any atom is 0.0964 e. The Morgan fingerprint density at radius 2 is 1.74 bits per heavy atom. The second-order valence-electron chi connectivity index (χ2n) is 4.42. The Hall–Kier alpha value is -2.75. The molecule has 4 rings (SSSR count). The molecule has 0 atom stereocenters. The lowest BCUT2D eigenvalue weighted by Gasteiger charge is -2.04. The van der Waals surface area contributed by atoms with Crippen LogP contribution in [0.15, 0.2) is 55.1 Å². The number of benzene rings is 1. The first kappa shape index (κ1) is 10.2. The van der Waals surface area contributed by atoms with Crippen LogP contribution in [0.3, 0.4) is 0 Å². The summed E-state index contributed by atoms with van der Waals surface area (Å²) >= 11 is 0. The molecule has 3 aromatic heterocycles. The standard InChI is InChI=1S/C15H10N4/c1-2-10-3-4-11-6-12(13-8-18-19-9-13)7-17-15(11)14(10)16-5-1/h1-9H,(H,18,19). The molecule has 1 aromatic carbocycles. The van der Waals surface area contributed by atoms with E-state index in [4.69, 9.17) is 0 Å². The van der Waals surface area contributed by atoms with E-state index in [-0.39, 0.29) is 0 Å². The number of rotatable bonds is 1. The maximum absolute atomic E-state index is 4.56. The number of fused-ring (bicyclic) bond motifs is 3. The molecular formula is C15H10N4. The summed E-state index contributed by atoms with van der Waals surface area (Å²) in [5.41, 5.74) is 3.97. The molecule has 4 nitrogen and oxygen atoms in total. The summed E-state index contributed by atoms with van der Waals surface area (Å²) in [5.74, 6) is 0. The van der Waals surface area contributed by atoms with Crippen molar-refractivity contribution >= 4 is 21.8 Å². The molecule has 0 spiro atoms. The first-order valence-electron chi connectivity index (χ1n) is 6.04. The van der Waals surface area contributed by atoms with Gasteiger partial charge in [0.25, 0.3) is 0 Å². The molecule has 3 heterocycles. The van der Waals surface area contributed by atoms with Crippen molar-refractivity contribution in [1.82, 2.24) is 20.2 Å². The second kappa shape index (κ2) is 3.88. The third-order valence-electron chi connectivity index (χ3n) is 3.25. The zero-order valence-electron chi connectivity index (χ0n) is 10.0. The van der Waals surface area contributed by atoms with Gasteiger partial charge in [-0.3, -0.25) is 15.1 Å². The fraction of sp³-hybridized carbons (Fsp3) is 0. The fourth-order valence-corrected chi connectivity index (χ4v) is 2.30. The van der Waals surface area contributed by atoms with Crippen molar-refractivity contribution < 1.29 is 0 Å². The van der Waals surface area contributed by atoms with Crippen LogP contribution in [-0.4, -0.2) is 20.2 Å². The van der Waals surface area contributed by atoms with E-state index in [1.54, 1.807) is 12.4 Å². The first-order chi connectivity index (χ1) is 9.42. The Morgan fingerprint density at radius 1 is 0.842 bits per heavy atom. The number of aromatic nitrogens is 4. The van der Waals surface area contributed by atoms with Crippen LogP contribution >= 0.6 is 0 Å². The number of H-pyrrole nitrogens is 1. The van der Waals surface area contributed by atoms with E-state index in [1.165, 1.54) is 0 Å². The van der Waals surface area contributed by atoms with Crippen molar-refractivity contribution in [3.63, 3.8) is 0 Å². The predicted octanol–water partition coefficient (Wildman–Crippen LogP) is 3.17. The van der Waals surface area contributed by atoms with Crippen LogP contribution in [0.5, 0.6) is 0 Å². The van der Waals surface area contributed by atoms with Gasteiger partial charge in [-0.1, -0.05) is 18.2 Å².